The van der Waals surface area contributed by atoms with E-state index in [0.717, 1.165) is 12.8 Å². The molecule has 0 aliphatic carbocycles. The molecule has 16 heavy (non-hydrogen) atoms. The molecule has 1 N–H and O–H groups in total. The molecule has 96 valence electrons. The monoisotopic (exact) mass is 293 g/mol. The summed E-state index contributed by atoms with van der Waals surface area (Å²) < 4.78 is 5.16. The second-order valence-electron chi connectivity index (χ2n) is 4.96. The number of rotatable bonds is 6. The standard InChI is InChI=1S/C12H24BrNO2/c1-5-6-7-8-9-10(13)14-11(15)16-12(2,3)4/h10H,5-9H2,1-4H3,(H,14,15). The Bertz CT molecular complexity index is 202. The highest BCUT2D eigenvalue weighted by molar-refractivity contribution is 9.09. The van der Waals surface area contributed by atoms with Crippen LogP contribution in [-0.2, 0) is 4.74 Å². The van der Waals surface area contributed by atoms with Gasteiger partial charge in [-0.05, 0) is 27.2 Å². The van der Waals surface area contributed by atoms with Gasteiger partial charge in [-0.25, -0.2) is 4.79 Å². The van der Waals surface area contributed by atoms with E-state index in [0.29, 0.717) is 0 Å². The SMILES string of the molecule is CCCCCCC(Br)NC(=O)OC(C)(C)C. The Balaban J connectivity index is 3.62. The summed E-state index contributed by atoms with van der Waals surface area (Å²) in [4.78, 5) is 11.4. The van der Waals surface area contributed by atoms with Crippen molar-refractivity contribution in [1.82, 2.24) is 5.32 Å². The van der Waals surface area contributed by atoms with Crippen LogP contribution in [0.2, 0.25) is 0 Å². The summed E-state index contributed by atoms with van der Waals surface area (Å²) in [6, 6.07) is 0. The van der Waals surface area contributed by atoms with Crippen LogP contribution in [0.5, 0.6) is 0 Å². The van der Waals surface area contributed by atoms with Gasteiger partial charge >= 0.3 is 6.09 Å². The maximum atomic E-state index is 11.4. The Morgan fingerprint density at radius 2 is 1.94 bits per heavy atom. The number of ether oxygens (including phenoxy) is 1. The molecule has 0 spiro atoms. The van der Waals surface area contributed by atoms with E-state index in [1.807, 2.05) is 20.8 Å². The molecule has 0 saturated carbocycles. The highest BCUT2D eigenvalue weighted by atomic mass is 79.9. The summed E-state index contributed by atoms with van der Waals surface area (Å²) >= 11 is 3.43. The number of hydrogen-bond donors (Lipinski definition) is 1. The first-order valence-corrected chi connectivity index (χ1v) is 6.90. The number of unbranched alkanes of at least 4 members (excludes halogenated alkanes) is 3. The fourth-order valence-electron chi connectivity index (χ4n) is 1.26. The van der Waals surface area contributed by atoms with E-state index in [9.17, 15) is 4.79 Å². The molecule has 1 unspecified atom stereocenters. The van der Waals surface area contributed by atoms with E-state index >= 15 is 0 Å². The van der Waals surface area contributed by atoms with Gasteiger partial charge in [0.05, 0.1) is 4.95 Å². The molecule has 3 nitrogen and oxygen atoms in total. The zero-order valence-electron chi connectivity index (χ0n) is 10.8. The van der Waals surface area contributed by atoms with Gasteiger partial charge in [0, 0.05) is 0 Å². The van der Waals surface area contributed by atoms with Gasteiger partial charge in [-0.3, -0.25) is 0 Å². The average molecular weight is 294 g/mol. The zero-order valence-corrected chi connectivity index (χ0v) is 12.4. The lowest BCUT2D eigenvalue weighted by Gasteiger charge is -2.21. The molecule has 0 aromatic carbocycles. The van der Waals surface area contributed by atoms with Crippen LogP contribution in [0, 0.1) is 0 Å². The number of carbonyl (C=O) groups excluding carboxylic acids is 1. The highest BCUT2D eigenvalue weighted by Gasteiger charge is 2.17. The largest absolute Gasteiger partial charge is 0.444 e. The molecule has 0 aliphatic heterocycles. The third-order valence-corrected chi connectivity index (χ3v) is 2.67. The molecule has 4 heteroatoms. The highest BCUT2D eigenvalue weighted by Crippen LogP contribution is 2.12. The summed E-state index contributed by atoms with van der Waals surface area (Å²) in [6.07, 6.45) is 5.41. The van der Waals surface area contributed by atoms with E-state index in [1.165, 1.54) is 19.3 Å². The van der Waals surface area contributed by atoms with Crippen molar-refractivity contribution in [3.63, 3.8) is 0 Å². The van der Waals surface area contributed by atoms with Gasteiger partial charge in [0.1, 0.15) is 5.60 Å². The normalized spacial score (nSPS) is 13.3. The van der Waals surface area contributed by atoms with Crippen molar-refractivity contribution in [3.05, 3.63) is 0 Å². The first kappa shape index (κ1) is 15.8. The van der Waals surface area contributed by atoms with Gasteiger partial charge in [-0.2, -0.15) is 0 Å². The molecular weight excluding hydrogens is 270 g/mol. The van der Waals surface area contributed by atoms with E-state index < -0.39 is 5.60 Å². The molecule has 0 radical (unpaired) electrons. The molecule has 0 fully saturated rings. The molecule has 0 heterocycles. The molecule has 0 bridgehead atoms. The third kappa shape index (κ3) is 10.3. The van der Waals surface area contributed by atoms with Crippen LogP contribution in [0.25, 0.3) is 0 Å². The minimum atomic E-state index is -0.432. The molecule has 0 saturated heterocycles. The van der Waals surface area contributed by atoms with Crippen molar-refractivity contribution in [3.8, 4) is 0 Å². The Morgan fingerprint density at radius 1 is 1.31 bits per heavy atom. The predicted molar refractivity (Wildman–Crippen MR) is 70.8 cm³/mol. The molecule has 0 aromatic rings. The summed E-state index contributed by atoms with van der Waals surface area (Å²) in [5.74, 6) is 0. The topological polar surface area (TPSA) is 38.3 Å². The van der Waals surface area contributed by atoms with E-state index in [2.05, 4.69) is 28.2 Å². The second-order valence-corrected chi connectivity index (χ2v) is 6.07. The number of amides is 1. The molecule has 1 amide bonds. The minimum Gasteiger partial charge on any atom is -0.444 e. The summed E-state index contributed by atoms with van der Waals surface area (Å²) in [5.41, 5.74) is -0.432. The Labute approximate surface area is 107 Å². The molecule has 0 aliphatic rings. The van der Waals surface area contributed by atoms with Gasteiger partial charge in [0.2, 0.25) is 0 Å². The van der Waals surface area contributed by atoms with Gasteiger partial charge in [0.25, 0.3) is 0 Å². The second kappa shape index (κ2) is 7.93. The fourth-order valence-corrected chi connectivity index (χ4v) is 1.77. The van der Waals surface area contributed by atoms with Crippen LogP contribution in [-0.4, -0.2) is 16.6 Å². The van der Waals surface area contributed by atoms with Gasteiger partial charge < -0.3 is 10.1 Å². The van der Waals surface area contributed by atoms with Crippen LogP contribution >= 0.6 is 15.9 Å². The lowest BCUT2D eigenvalue weighted by molar-refractivity contribution is 0.0521. The van der Waals surface area contributed by atoms with E-state index in [4.69, 9.17) is 4.74 Å². The number of carbonyl (C=O) groups is 1. The summed E-state index contributed by atoms with van der Waals surface area (Å²) in [5, 5.41) is 2.77. The van der Waals surface area contributed by atoms with Gasteiger partial charge in [-0.1, -0.05) is 48.5 Å². The molecule has 1 atom stereocenters. The maximum Gasteiger partial charge on any atom is 0.408 e. The van der Waals surface area contributed by atoms with Crippen molar-refractivity contribution in [2.24, 2.45) is 0 Å². The number of alkyl halides is 1. The van der Waals surface area contributed by atoms with E-state index in [-0.39, 0.29) is 11.0 Å². The molecule has 0 rings (SSSR count). The summed E-state index contributed by atoms with van der Waals surface area (Å²) in [7, 11) is 0. The number of hydrogen-bond acceptors (Lipinski definition) is 2. The zero-order chi connectivity index (χ0) is 12.6. The smallest absolute Gasteiger partial charge is 0.408 e. The summed E-state index contributed by atoms with van der Waals surface area (Å²) in [6.45, 7) is 7.76. The van der Waals surface area contributed by atoms with Crippen LogP contribution in [0.4, 0.5) is 4.79 Å². The van der Waals surface area contributed by atoms with Crippen LogP contribution < -0.4 is 5.32 Å². The third-order valence-electron chi connectivity index (χ3n) is 1.98. The van der Waals surface area contributed by atoms with Crippen molar-refractivity contribution in [2.45, 2.75) is 70.4 Å². The number of halogens is 1. The molecular formula is C12H24BrNO2. The number of nitrogens with one attached hydrogen (secondary N) is 1. The fraction of sp³-hybridized carbons (Fsp3) is 0.917. The first-order chi connectivity index (χ1) is 7.35. The quantitative estimate of drug-likeness (QED) is 0.453. The van der Waals surface area contributed by atoms with Crippen molar-refractivity contribution in [2.75, 3.05) is 0 Å². The van der Waals surface area contributed by atoms with Gasteiger partial charge in [0.15, 0.2) is 0 Å². The Hall–Kier alpha value is -0.250. The Kier molecular flexibility index (Phi) is 7.81. The lowest BCUT2D eigenvalue weighted by atomic mass is 10.1. The Morgan fingerprint density at radius 3 is 2.44 bits per heavy atom. The van der Waals surface area contributed by atoms with Crippen LogP contribution in [0.15, 0.2) is 0 Å². The predicted octanol–water partition coefficient (Wildman–Crippen LogP) is 4.20. The van der Waals surface area contributed by atoms with Crippen molar-refractivity contribution < 1.29 is 9.53 Å². The van der Waals surface area contributed by atoms with Crippen LogP contribution in [0.1, 0.15) is 59.8 Å². The van der Waals surface area contributed by atoms with Crippen LogP contribution in [0.3, 0.4) is 0 Å². The van der Waals surface area contributed by atoms with E-state index in [1.54, 1.807) is 0 Å². The van der Waals surface area contributed by atoms with Gasteiger partial charge in [-0.15, -0.1) is 0 Å². The average Bonchev–Trinajstić information content (AvgIpc) is 2.09. The van der Waals surface area contributed by atoms with Crippen molar-refractivity contribution >= 4 is 22.0 Å². The number of alkyl carbamates (subject to hydrolysis) is 1. The molecule has 0 aromatic heterocycles. The first-order valence-electron chi connectivity index (χ1n) is 5.98. The lowest BCUT2D eigenvalue weighted by Crippen LogP contribution is -2.36. The van der Waals surface area contributed by atoms with Crippen molar-refractivity contribution in [1.29, 1.82) is 0 Å². The maximum absolute atomic E-state index is 11.4. The minimum absolute atomic E-state index is 0.0132.